The molecule has 0 aliphatic carbocycles. The van der Waals surface area contributed by atoms with Crippen molar-refractivity contribution in [3.8, 4) is 0 Å². The lowest BCUT2D eigenvalue weighted by molar-refractivity contribution is -0.206. The van der Waals surface area contributed by atoms with Crippen molar-refractivity contribution in [2.45, 2.75) is 65.7 Å². The van der Waals surface area contributed by atoms with E-state index in [4.69, 9.17) is 19.4 Å². The third-order valence-electron chi connectivity index (χ3n) is 8.55. The zero-order chi connectivity index (χ0) is 33.5. The predicted octanol–water partition coefficient (Wildman–Crippen LogP) is 7.30. The number of hydrogen-bond acceptors (Lipinski definition) is 7. The van der Waals surface area contributed by atoms with Gasteiger partial charge in [-0.3, -0.25) is 9.59 Å². The topological polar surface area (TPSA) is 130 Å². The molecule has 2 aliphatic heterocycles. The second-order valence-corrected chi connectivity index (χ2v) is 11.5. The van der Waals surface area contributed by atoms with E-state index < -0.39 is 18.2 Å². The van der Waals surface area contributed by atoms with Gasteiger partial charge in [0.1, 0.15) is 0 Å². The number of alkyl halides is 3. The molecule has 0 radical (unpaired) electrons. The quantitative estimate of drug-likeness (QED) is 0.232. The largest absolute Gasteiger partial charge is 0.469 e. The Balaban J connectivity index is 1.87. The first kappa shape index (κ1) is 32.7. The number of aryl methyl sites for hydroxylation is 2. The lowest BCUT2D eigenvalue weighted by Crippen LogP contribution is -2.20. The fourth-order valence-electron chi connectivity index (χ4n) is 5.88. The van der Waals surface area contributed by atoms with Gasteiger partial charge in [0.05, 0.1) is 37.0 Å². The zero-order valence-corrected chi connectivity index (χ0v) is 26.4. The first-order valence-corrected chi connectivity index (χ1v) is 14.7. The molecule has 5 rings (SSSR count). The molecule has 3 aromatic heterocycles. The number of hydrogen-bond donors (Lipinski definition) is 3. The summed E-state index contributed by atoms with van der Waals surface area (Å²) in [6.07, 6.45) is -6.71. The van der Waals surface area contributed by atoms with Gasteiger partial charge in [0, 0.05) is 40.5 Å². The molecule has 0 saturated heterocycles. The molecule has 5 heterocycles. The minimum Gasteiger partial charge on any atom is -0.469 e. The van der Waals surface area contributed by atoms with E-state index in [1.165, 1.54) is 21.1 Å². The van der Waals surface area contributed by atoms with Crippen molar-refractivity contribution in [2.75, 3.05) is 14.2 Å². The van der Waals surface area contributed by atoms with Crippen LogP contribution >= 0.6 is 0 Å². The smallest absolute Gasteiger partial charge is 0.418 e. The number of aliphatic hydroxyl groups is 1. The molecule has 46 heavy (non-hydrogen) atoms. The van der Waals surface area contributed by atoms with E-state index in [0.29, 0.717) is 52.2 Å². The number of nitrogens with zero attached hydrogens (tertiary/aromatic N) is 2. The van der Waals surface area contributed by atoms with Gasteiger partial charge in [-0.25, -0.2) is 9.97 Å². The predicted molar refractivity (Wildman–Crippen MR) is 169 cm³/mol. The van der Waals surface area contributed by atoms with Gasteiger partial charge in [-0.2, -0.15) is 13.2 Å². The second kappa shape index (κ2) is 12.6. The standard InChI is InChI=1S/C34H35F3N4O5/c1-16-11-20-12-24-17(2)21(7-9-30(42)45-5)27(39-24)15-28-22(8-10-31(43)46-6)18(3)25(40-28)14-26-19(4)32(33(44)34(35,36)37)29(41-26)13-23(16)38-20/h11-15,33,38,41,44H,7-10H2,1-6H3/t33-/m1/s1. The summed E-state index contributed by atoms with van der Waals surface area (Å²) >= 11 is 0. The van der Waals surface area contributed by atoms with Crippen LogP contribution < -0.4 is 0 Å². The summed E-state index contributed by atoms with van der Waals surface area (Å²) in [6, 6.07) is 8.70. The molecular weight excluding hydrogens is 601 g/mol. The lowest BCUT2D eigenvalue weighted by atomic mass is 9.98. The number of aliphatic hydroxyl groups excluding tert-OH is 1. The van der Waals surface area contributed by atoms with Crippen LogP contribution in [0.4, 0.5) is 13.2 Å². The number of nitrogens with one attached hydrogen (secondary N) is 2. The number of carbonyl (C=O) groups is 2. The maximum Gasteiger partial charge on any atom is 0.418 e. The highest BCUT2D eigenvalue weighted by molar-refractivity contribution is 5.96. The molecule has 1 atom stereocenters. The molecule has 0 unspecified atom stereocenters. The van der Waals surface area contributed by atoms with Crippen molar-refractivity contribution in [1.82, 2.24) is 19.9 Å². The third kappa shape index (κ3) is 6.34. The van der Waals surface area contributed by atoms with Crippen molar-refractivity contribution < 1.29 is 37.3 Å². The molecule has 0 spiro atoms. The van der Waals surface area contributed by atoms with Crippen LogP contribution in [0.5, 0.6) is 0 Å². The second-order valence-electron chi connectivity index (χ2n) is 11.5. The molecule has 242 valence electrons. The van der Waals surface area contributed by atoms with Crippen LogP contribution in [-0.4, -0.2) is 57.4 Å². The molecule has 2 aliphatic rings. The summed E-state index contributed by atoms with van der Waals surface area (Å²) in [5.41, 5.74) is 7.83. The van der Waals surface area contributed by atoms with Gasteiger partial charge in [-0.1, -0.05) is 0 Å². The van der Waals surface area contributed by atoms with Crippen LogP contribution in [0.15, 0.2) is 30.3 Å². The van der Waals surface area contributed by atoms with Crippen LogP contribution in [0.2, 0.25) is 0 Å². The van der Waals surface area contributed by atoms with E-state index in [1.54, 1.807) is 12.1 Å². The van der Waals surface area contributed by atoms with Crippen molar-refractivity contribution in [3.05, 3.63) is 69.8 Å². The number of aromatic nitrogens is 4. The monoisotopic (exact) mass is 636 g/mol. The van der Waals surface area contributed by atoms with Crippen LogP contribution in [0, 0.1) is 13.8 Å². The Morgan fingerprint density at radius 2 is 1.30 bits per heavy atom. The average molecular weight is 637 g/mol. The summed E-state index contributed by atoms with van der Waals surface area (Å²) in [5.74, 6) is -0.760. The van der Waals surface area contributed by atoms with Gasteiger partial charge in [0.15, 0.2) is 6.10 Å². The first-order valence-electron chi connectivity index (χ1n) is 14.7. The SMILES string of the molecule is COC(=O)CCC1=C(C)c2cc3cc(C)c(cc4[nH]c(cc5nc(cc1n2)C(CCC(=O)OC)=C5C)c(C)c4[C@@H](O)C(F)(F)F)[nH]3. The number of halogens is 3. The number of ether oxygens (including phenoxy) is 2. The number of methoxy groups -OCH3 is 2. The summed E-state index contributed by atoms with van der Waals surface area (Å²) < 4.78 is 51.4. The Bertz CT molecular complexity index is 1970. The highest BCUT2D eigenvalue weighted by Gasteiger charge is 2.41. The molecule has 0 amide bonds. The number of allylic oxidation sites excluding steroid dienone is 4. The minimum atomic E-state index is -4.89. The number of fused-ring (bicyclic) bond motifs is 8. The van der Waals surface area contributed by atoms with Crippen LogP contribution in [0.25, 0.3) is 44.4 Å². The van der Waals surface area contributed by atoms with E-state index in [-0.39, 0.29) is 35.5 Å². The van der Waals surface area contributed by atoms with Gasteiger partial charge in [0.2, 0.25) is 0 Å². The highest BCUT2D eigenvalue weighted by Crippen LogP contribution is 2.40. The number of H-pyrrole nitrogens is 2. The number of esters is 2. The molecular formula is C34H35F3N4O5. The van der Waals surface area contributed by atoms with Crippen molar-refractivity contribution in [3.63, 3.8) is 0 Å². The Hall–Kier alpha value is -4.71. The van der Waals surface area contributed by atoms with Crippen LogP contribution in [0.1, 0.15) is 85.1 Å². The molecule has 3 aromatic rings. The zero-order valence-electron chi connectivity index (χ0n) is 26.4. The highest BCUT2D eigenvalue weighted by atomic mass is 19.4. The summed E-state index contributed by atoms with van der Waals surface area (Å²) in [6.45, 7) is 7.10. The number of rotatable bonds is 7. The van der Waals surface area contributed by atoms with E-state index in [0.717, 1.165) is 27.9 Å². The third-order valence-corrected chi connectivity index (χ3v) is 8.55. The molecule has 3 N–H and O–H groups in total. The van der Waals surface area contributed by atoms with Crippen molar-refractivity contribution >= 4 is 56.3 Å². The average Bonchev–Trinajstić information content (AvgIpc) is 3.68. The molecule has 12 heteroatoms. The van der Waals surface area contributed by atoms with Gasteiger partial charge in [-0.05, 0) is 104 Å². The maximum atomic E-state index is 13.9. The van der Waals surface area contributed by atoms with Crippen molar-refractivity contribution in [2.24, 2.45) is 0 Å². The fourth-order valence-corrected chi connectivity index (χ4v) is 5.88. The number of aromatic amines is 2. The first-order chi connectivity index (χ1) is 21.7. The van der Waals surface area contributed by atoms with Gasteiger partial charge in [0.25, 0.3) is 0 Å². The lowest BCUT2D eigenvalue weighted by Gasteiger charge is -2.14. The van der Waals surface area contributed by atoms with E-state index >= 15 is 0 Å². The van der Waals surface area contributed by atoms with Gasteiger partial charge >= 0.3 is 18.1 Å². The molecule has 0 aromatic carbocycles. The maximum absolute atomic E-state index is 13.9. The van der Waals surface area contributed by atoms with Crippen LogP contribution in [-0.2, 0) is 19.1 Å². The van der Waals surface area contributed by atoms with E-state index in [1.807, 2.05) is 39.0 Å². The Morgan fingerprint density at radius 3 is 1.83 bits per heavy atom. The Kier molecular flexibility index (Phi) is 8.94. The Morgan fingerprint density at radius 1 is 0.761 bits per heavy atom. The van der Waals surface area contributed by atoms with E-state index in [2.05, 4.69) is 9.97 Å². The Labute approximate surface area is 263 Å². The van der Waals surface area contributed by atoms with Gasteiger partial charge in [-0.15, -0.1) is 0 Å². The normalized spacial score (nSPS) is 14.1. The number of carbonyl (C=O) groups excluding carboxylic acids is 2. The summed E-state index contributed by atoms with van der Waals surface area (Å²) in [7, 11) is 2.65. The van der Waals surface area contributed by atoms with Crippen molar-refractivity contribution in [1.29, 1.82) is 0 Å². The van der Waals surface area contributed by atoms with E-state index in [9.17, 15) is 27.9 Å². The molecule has 0 fully saturated rings. The summed E-state index contributed by atoms with van der Waals surface area (Å²) in [5, 5.41) is 10.4. The molecule has 9 nitrogen and oxygen atoms in total. The minimum absolute atomic E-state index is 0.0852. The molecule has 0 saturated carbocycles. The van der Waals surface area contributed by atoms with Gasteiger partial charge < -0.3 is 24.5 Å². The fraction of sp³-hybridized carbons (Fsp3) is 0.353. The summed E-state index contributed by atoms with van der Waals surface area (Å²) in [4.78, 5) is 40.3. The molecule has 8 bridgehead atoms. The van der Waals surface area contributed by atoms with Crippen LogP contribution in [0.3, 0.4) is 0 Å².